The van der Waals surface area contributed by atoms with E-state index >= 15 is 0 Å². The van der Waals surface area contributed by atoms with Gasteiger partial charge in [-0.25, -0.2) is 4.79 Å². The number of amides is 1. The van der Waals surface area contributed by atoms with Crippen molar-refractivity contribution in [3.63, 3.8) is 0 Å². The van der Waals surface area contributed by atoms with E-state index in [2.05, 4.69) is 9.97 Å². The van der Waals surface area contributed by atoms with Crippen molar-refractivity contribution in [2.75, 3.05) is 6.61 Å². The number of nitrogens with two attached hydrogens (primary N) is 1. The van der Waals surface area contributed by atoms with Crippen LogP contribution in [0.2, 0.25) is 5.02 Å². The normalized spacial score (nSPS) is 13.3. The highest BCUT2D eigenvalue weighted by molar-refractivity contribution is 6.32. The van der Waals surface area contributed by atoms with Gasteiger partial charge in [-0.3, -0.25) is 9.97 Å². The molecule has 0 fully saturated rings. The highest BCUT2D eigenvalue weighted by Gasteiger charge is 2.30. The Morgan fingerprint density at radius 2 is 2.04 bits per heavy atom. The Labute approximate surface area is 152 Å². The van der Waals surface area contributed by atoms with Crippen LogP contribution in [-0.2, 0) is 4.74 Å². The number of pyridine rings is 2. The lowest BCUT2D eigenvalue weighted by Crippen LogP contribution is -2.41. The molecule has 0 aromatic carbocycles. The van der Waals surface area contributed by atoms with Crippen LogP contribution in [0.25, 0.3) is 11.3 Å². The van der Waals surface area contributed by atoms with E-state index in [0.717, 1.165) is 11.3 Å². The van der Waals surface area contributed by atoms with E-state index < -0.39 is 11.7 Å². The van der Waals surface area contributed by atoms with Crippen molar-refractivity contribution in [2.24, 2.45) is 11.7 Å². The number of nitrogens with zero attached hydrogens (tertiary/aromatic N) is 2. The van der Waals surface area contributed by atoms with E-state index in [0.29, 0.717) is 23.1 Å². The van der Waals surface area contributed by atoms with E-state index in [4.69, 9.17) is 26.8 Å². The molecular weight excluding hydrogens is 342 g/mol. The molecule has 2 aromatic heterocycles. The average Bonchev–Trinajstić information content (AvgIpc) is 2.53. The van der Waals surface area contributed by atoms with Crippen LogP contribution in [-0.4, -0.2) is 28.3 Å². The van der Waals surface area contributed by atoms with Crippen molar-refractivity contribution in [3.8, 4) is 17.0 Å². The lowest BCUT2D eigenvalue weighted by Gasteiger charge is -2.30. The molecule has 1 amide bonds. The van der Waals surface area contributed by atoms with Gasteiger partial charge in [0, 0.05) is 18.0 Å². The van der Waals surface area contributed by atoms with E-state index in [1.54, 1.807) is 31.6 Å². The summed E-state index contributed by atoms with van der Waals surface area (Å²) in [6, 6.07) is 5.42. The number of carbonyl (C=O) groups excluding carboxylic acids is 1. The number of aromatic nitrogens is 2. The van der Waals surface area contributed by atoms with Crippen LogP contribution in [0.1, 0.15) is 27.2 Å². The second-order valence-corrected chi connectivity index (χ2v) is 6.90. The van der Waals surface area contributed by atoms with Crippen molar-refractivity contribution in [1.82, 2.24) is 9.97 Å². The number of rotatable bonds is 7. The van der Waals surface area contributed by atoms with Gasteiger partial charge in [-0.2, -0.15) is 0 Å². The minimum atomic E-state index is -0.840. The third-order valence-electron chi connectivity index (χ3n) is 3.52. The standard InChI is InChI=1S/C18H22ClN3O3/c1-12(2)9-18(3,25-17(20)23)11-24-16-10-22-15(8-14(16)19)13-4-6-21-7-5-13/h4-8,10,12H,9,11H2,1-3H3,(H2,20,23)/t18-/m0/s1. The van der Waals surface area contributed by atoms with Gasteiger partial charge in [0.05, 0.1) is 16.9 Å². The maximum absolute atomic E-state index is 11.2. The molecule has 7 heteroatoms. The molecule has 0 saturated carbocycles. The van der Waals surface area contributed by atoms with Crippen LogP contribution in [0.4, 0.5) is 4.79 Å². The van der Waals surface area contributed by atoms with Gasteiger partial charge in [-0.1, -0.05) is 25.4 Å². The topological polar surface area (TPSA) is 87.3 Å². The molecule has 2 rings (SSSR count). The zero-order valence-corrected chi connectivity index (χ0v) is 15.3. The molecule has 2 N–H and O–H groups in total. The number of carbonyl (C=O) groups is 1. The monoisotopic (exact) mass is 363 g/mol. The summed E-state index contributed by atoms with van der Waals surface area (Å²) in [5, 5.41) is 0.424. The molecule has 134 valence electrons. The van der Waals surface area contributed by atoms with Gasteiger partial charge >= 0.3 is 6.09 Å². The van der Waals surface area contributed by atoms with Crippen LogP contribution in [0, 0.1) is 5.92 Å². The summed E-state index contributed by atoms with van der Waals surface area (Å²) < 4.78 is 11.0. The minimum Gasteiger partial charge on any atom is -0.486 e. The smallest absolute Gasteiger partial charge is 0.405 e. The fourth-order valence-corrected chi connectivity index (χ4v) is 2.88. The van der Waals surface area contributed by atoms with Crippen LogP contribution >= 0.6 is 11.6 Å². The Morgan fingerprint density at radius 3 is 2.60 bits per heavy atom. The van der Waals surface area contributed by atoms with Gasteiger partial charge in [0.15, 0.2) is 5.75 Å². The zero-order chi connectivity index (χ0) is 18.4. The summed E-state index contributed by atoms with van der Waals surface area (Å²) in [5.41, 5.74) is 5.97. The van der Waals surface area contributed by atoms with Gasteiger partial charge in [0.1, 0.15) is 12.2 Å². The highest BCUT2D eigenvalue weighted by Crippen LogP contribution is 2.30. The van der Waals surface area contributed by atoms with Gasteiger partial charge < -0.3 is 15.2 Å². The molecule has 0 aliphatic heterocycles. The first-order chi connectivity index (χ1) is 11.8. The number of hydrogen-bond acceptors (Lipinski definition) is 5. The van der Waals surface area contributed by atoms with Gasteiger partial charge in [0.2, 0.25) is 0 Å². The molecule has 0 spiro atoms. The van der Waals surface area contributed by atoms with Crippen molar-refractivity contribution in [3.05, 3.63) is 41.8 Å². The van der Waals surface area contributed by atoms with E-state index in [1.807, 2.05) is 26.0 Å². The Balaban J connectivity index is 2.12. The molecule has 1 atom stereocenters. The zero-order valence-electron chi connectivity index (χ0n) is 14.5. The van der Waals surface area contributed by atoms with Crippen molar-refractivity contribution < 1.29 is 14.3 Å². The molecule has 0 unspecified atom stereocenters. The number of halogens is 1. The first-order valence-corrected chi connectivity index (χ1v) is 8.34. The number of primary amides is 1. The summed E-state index contributed by atoms with van der Waals surface area (Å²) in [6.45, 7) is 5.97. The molecule has 2 heterocycles. The summed E-state index contributed by atoms with van der Waals surface area (Å²) in [7, 11) is 0. The third-order valence-corrected chi connectivity index (χ3v) is 3.81. The number of hydrogen-bond donors (Lipinski definition) is 1. The second kappa shape index (κ2) is 8.16. The van der Waals surface area contributed by atoms with Gasteiger partial charge in [-0.05, 0) is 37.5 Å². The molecule has 0 aliphatic rings. The fraction of sp³-hybridized carbons (Fsp3) is 0.389. The van der Waals surface area contributed by atoms with E-state index in [9.17, 15) is 4.79 Å². The van der Waals surface area contributed by atoms with Crippen molar-refractivity contribution in [2.45, 2.75) is 32.8 Å². The molecule has 0 radical (unpaired) electrons. The van der Waals surface area contributed by atoms with E-state index in [1.165, 1.54) is 0 Å². The van der Waals surface area contributed by atoms with Crippen LogP contribution < -0.4 is 10.5 Å². The maximum Gasteiger partial charge on any atom is 0.405 e. The predicted molar refractivity (Wildman–Crippen MR) is 96.5 cm³/mol. The summed E-state index contributed by atoms with van der Waals surface area (Å²) in [5.74, 6) is 0.720. The first-order valence-electron chi connectivity index (χ1n) is 7.96. The molecule has 6 nitrogen and oxygen atoms in total. The fourth-order valence-electron chi connectivity index (χ4n) is 2.67. The Morgan fingerprint density at radius 1 is 1.36 bits per heavy atom. The largest absolute Gasteiger partial charge is 0.486 e. The van der Waals surface area contributed by atoms with E-state index in [-0.39, 0.29) is 6.61 Å². The Bertz CT molecular complexity index is 725. The van der Waals surface area contributed by atoms with Crippen LogP contribution in [0.5, 0.6) is 5.75 Å². The van der Waals surface area contributed by atoms with Gasteiger partial charge in [-0.15, -0.1) is 0 Å². The molecule has 0 aliphatic carbocycles. The summed E-state index contributed by atoms with van der Waals surface area (Å²) in [6.07, 6.45) is 4.71. The third kappa shape index (κ3) is 5.60. The first kappa shape index (κ1) is 19.0. The Kier molecular flexibility index (Phi) is 6.20. The summed E-state index contributed by atoms with van der Waals surface area (Å²) in [4.78, 5) is 19.5. The average molecular weight is 364 g/mol. The summed E-state index contributed by atoms with van der Waals surface area (Å²) >= 11 is 6.31. The van der Waals surface area contributed by atoms with Crippen molar-refractivity contribution >= 4 is 17.7 Å². The molecule has 2 aromatic rings. The van der Waals surface area contributed by atoms with Gasteiger partial charge in [0.25, 0.3) is 0 Å². The molecule has 0 bridgehead atoms. The lowest BCUT2D eigenvalue weighted by atomic mass is 9.95. The molecular formula is C18H22ClN3O3. The molecule has 0 saturated heterocycles. The maximum atomic E-state index is 11.2. The molecule has 25 heavy (non-hydrogen) atoms. The lowest BCUT2D eigenvalue weighted by molar-refractivity contribution is -0.0186. The minimum absolute atomic E-state index is 0.129. The Hall–Kier alpha value is -2.34. The second-order valence-electron chi connectivity index (χ2n) is 6.49. The quantitative estimate of drug-likeness (QED) is 0.800. The number of ether oxygens (including phenoxy) is 2. The SMILES string of the molecule is CC(C)C[C@@](C)(COc1cnc(-c2ccncc2)cc1Cl)OC(N)=O. The highest BCUT2D eigenvalue weighted by atomic mass is 35.5. The predicted octanol–water partition coefficient (Wildman–Crippen LogP) is 4.08. The van der Waals surface area contributed by atoms with Crippen molar-refractivity contribution in [1.29, 1.82) is 0 Å². The van der Waals surface area contributed by atoms with Crippen LogP contribution in [0.3, 0.4) is 0 Å². The van der Waals surface area contributed by atoms with Crippen LogP contribution in [0.15, 0.2) is 36.8 Å².